The number of carbonyl (C=O) groups is 1. The lowest BCUT2D eigenvalue weighted by Crippen LogP contribution is -2.26. The summed E-state index contributed by atoms with van der Waals surface area (Å²) in [5, 5.41) is 2.17. The summed E-state index contributed by atoms with van der Waals surface area (Å²) >= 11 is 9.53. The molecule has 2 nitrogen and oxygen atoms in total. The highest BCUT2D eigenvalue weighted by Crippen LogP contribution is 2.20. The number of carbonyl (C=O) groups excluding carboxylic acids is 1. The van der Waals surface area contributed by atoms with Crippen LogP contribution in [-0.4, -0.2) is 5.91 Å². The van der Waals surface area contributed by atoms with Gasteiger partial charge >= 0.3 is 0 Å². The molecule has 1 amide bonds. The summed E-state index contributed by atoms with van der Waals surface area (Å²) in [5.74, 6) is -0.187. The number of hydrogen-bond donors (Lipinski definition) is 1. The van der Waals surface area contributed by atoms with Gasteiger partial charge in [-0.25, -0.2) is 0 Å². The van der Waals surface area contributed by atoms with E-state index in [9.17, 15) is 4.79 Å². The van der Waals surface area contributed by atoms with Gasteiger partial charge in [-0.05, 0) is 23.3 Å². The van der Waals surface area contributed by atoms with E-state index in [2.05, 4.69) is 21.2 Å². The van der Waals surface area contributed by atoms with Crippen LogP contribution in [0, 0.1) is 0 Å². The summed E-state index contributed by atoms with van der Waals surface area (Å²) in [6.45, 7) is 0.467. The van der Waals surface area contributed by atoms with Crippen molar-refractivity contribution in [2.75, 3.05) is 0 Å². The summed E-state index contributed by atoms with van der Waals surface area (Å²) in [4.78, 5) is 11.9. The molecule has 0 aromatic heterocycles. The number of amides is 1. The molecule has 0 heterocycles. The SMILES string of the molecule is O=C(NCc1cccc(Br)c1)C(Cl)c1ccccc1. The molecule has 98 valence electrons. The Labute approximate surface area is 125 Å². The maximum Gasteiger partial charge on any atom is 0.242 e. The Morgan fingerprint density at radius 3 is 2.58 bits per heavy atom. The molecule has 0 saturated carbocycles. The second kappa shape index (κ2) is 6.73. The summed E-state index contributed by atoms with van der Waals surface area (Å²) in [6, 6.07) is 17.1. The minimum atomic E-state index is -0.659. The van der Waals surface area contributed by atoms with Gasteiger partial charge in [-0.2, -0.15) is 0 Å². The van der Waals surface area contributed by atoms with Crippen molar-refractivity contribution < 1.29 is 4.79 Å². The summed E-state index contributed by atoms with van der Waals surface area (Å²) in [5.41, 5.74) is 1.83. The average Bonchev–Trinajstić information content (AvgIpc) is 2.45. The third kappa shape index (κ3) is 4.08. The number of nitrogens with one attached hydrogen (secondary N) is 1. The molecular formula is C15H13BrClNO. The van der Waals surface area contributed by atoms with E-state index >= 15 is 0 Å². The number of rotatable bonds is 4. The first-order chi connectivity index (χ1) is 9.16. The van der Waals surface area contributed by atoms with Crippen LogP contribution >= 0.6 is 27.5 Å². The van der Waals surface area contributed by atoms with Crippen molar-refractivity contribution in [1.29, 1.82) is 0 Å². The van der Waals surface area contributed by atoms with Gasteiger partial charge in [-0.3, -0.25) is 4.79 Å². The van der Waals surface area contributed by atoms with E-state index < -0.39 is 5.38 Å². The Morgan fingerprint density at radius 2 is 1.89 bits per heavy atom. The number of benzene rings is 2. The van der Waals surface area contributed by atoms with Gasteiger partial charge in [0.25, 0.3) is 0 Å². The van der Waals surface area contributed by atoms with Gasteiger partial charge in [0.05, 0.1) is 0 Å². The summed E-state index contributed by atoms with van der Waals surface area (Å²) in [7, 11) is 0. The standard InChI is InChI=1S/C15H13BrClNO/c16-13-8-4-5-11(9-13)10-18-15(19)14(17)12-6-2-1-3-7-12/h1-9,14H,10H2,(H,18,19). The molecule has 1 N–H and O–H groups in total. The topological polar surface area (TPSA) is 29.1 Å². The van der Waals surface area contributed by atoms with Gasteiger partial charge in [-0.1, -0.05) is 58.4 Å². The molecule has 19 heavy (non-hydrogen) atoms. The van der Waals surface area contributed by atoms with Crippen LogP contribution in [0.25, 0.3) is 0 Å². The highest BCUT2D eigenvalue weighted by Gasteiger charge is 2.16. The Balaban J connectivity index is 1.95. The maximum atomic E-state index is 11.9. The quantitative estimate of drug-likeness (QED) is 0.837. The first kappa shape index (κ1) is 14.1. The van der Waals surface area contributed by atoms with Crippen LogP contribution in [0.2, 0.25) is 0 Å². The van der Waals surface area contributed by atoms with Crippen molar-refractivity contribution in [3.8, 4) is 0 Å². The average molecular weight is 339 g/mol. The van der Waals surface area contributed by atoms with E-state index in [1.54, 1.807) is 0 Å². The van der Waals surface area contributed by atoms with Crippen molar-refractivity contribution >= 4 is 33.4 Å². The van der Waals surface area contributed by atoms with E-state index in [4.69, 9.17) is 11.6 Å². The monoisotopic (exact) mass is 337 g/mol. The molecule has 0 aliphatic heterocycles. The molecule has 2 rings (SSSR count). The number of alkyl halides is 1. The fraction of sp³-hybridized carbons (Fsp3) is 0.133. The molecule has 0 saturated heterocycles. The molecule has 1 atom stereocenters. The van der Waals surface area contributed by atoms with E-state index in [1.165, 1.54) is 0 Å². The first-order valence-corrected chi connectivity index (χ1v) is 7.11. The third-order valence-electron chi connectivity index (χ3n) is 2.68. The fourth-order valence-electron chi connectivity index (χ4n) is 1.70. The van der Waals surface area contributed by atoms with Gasteiger partial charge in [0.2, 0.25) is 5.91 Å². The van der Waals surface area contributed by atoms with E-state index in [-0.39, 0.29) is 5.91 Å². The van der Waals surface area contributed by atoms with Crippen LogP contribution in [0.5, 0.6) is 0 Å². The highest BCUT2D eigenvalue weighted by molar-refractivity contribution is 9.10. The minimum absolute atomic E-state index is 0.187. The minimum Gasteiger partial charge on any atom is -0.350 e. The van der Waals surface area contributed by atoms with Gasteiger partial charge in [0.1, 0.15) is 5.38 Å². The van der Waals surface area contributed by atoms with Gasteiger partial charge in [-0.15, -0.1) is 11.6 Å². The van der Waals surface area contributed by atoms with Crippen molar-refractivity contribution in [2.24, 2.45) is 0 Å². The van der Waals surface area contributed by atoms with Crippen LogP contribution in [0.3, 0.4) is 0 Å². The smallest absolute Gasteiger partial charge is 0.242 e. The zero-order valence-corrected chi connectivity index (χ0v) is 12.5. The van der Waals surface area contributed by atoms with Crippen molar-refractivity contribution in [3.63, 3.8) is 0 Å². The molecule has 2 aromatic rings. The first-order valence-electron chi connectivity index (χ1n) is 5.88. The van der Waals surface area contributed by atoms with Crippen molar-refractivity contribution in [2.45, 2.75) is 11.9 Å². The van der Waals surface area contributed by atoms with Gasteiger partial charge < -0.3 is 5.32 Å². The van der Waals surface area contributed by atoms with Crippen LogP contribution in [0.4, 0.5) is 0 Å². The molecule has 0 spiro atoms. The van der Waals surface area contributed by atoms with E-state index in [0.717, 1.165) is 15.6 Å². The lowest BCUT2D eigenvalue weighted by Gasteiger charge is -2.11. The second-order valence-electron chi connectivity index (χ2n) is 4.12. The number of hydrogen-bond acceptors (Lipinski definition) is 1. The lowest BCUT2D eigenvalue weighted by molar-refractivity contribution is -0.121. The number of halogens is 2. The Kier molecular flexibility index (Phi) is 5.00. The van der Waals surface area contributed by atoms with Crippen molar-refractivity contribution in [1.82, 2.24) is 5.32 Å². The molecule has 0 fully saturated rings. The predicted molar refractivity (Wildman–Crippen MR) is 81.0 cm³/mol. The molecule has 1 unspecified atom stereocenters. The molecule has 4 heteroatoms. The zero-order chi connectivity index (χ0) is 13.7. The van der Waals surface area contributed by atoms with Crippen LogP contribution in [-0.2, 0) is 11.3 Å². The highest BCUT2D eigenvalue weighted by atomic mass is 79.9. The summed E-state index contributed by atoms with van der Waals surface area (Å²) < 4.78 is 0.990. The molecule has 0 radical (unpaired) electrons. The largest absolute Gasteiger partial charge is 0.350 e. The van der Waals surface area contributed by atoms with Crippen molar-refractivity contribution in [3.05, 3.63) is 70.2 Å². The predicted octanol–water partition coefficient (Wildman–Crippen LogP) is 4.05. The third-order valence-corrected chi connectivity index (χ3v) is 3.62. The second-order valence-corrected chi connectivity index (χ2v) is 5.47. The molecule has 0 bridgehead atoms. The Morgan fingerprint density at radius 1 is 1.16 bits per heavy atom. The molecular weight excluding hydrogens is 326 g/mol. The molecule has 2 aromatic carbocycles. The maximum absolute atomic E-state index is 11.9. The summed E-state index contributed by atoms with van der Waals surface area (Å²) in [6.07, 6.45) is 0. The molecule has 0 aliphatic rings. The fourth-order valence-corrected chi connectivity index (χ4v) is 2.37. The van der Waals surface area contributed by atoms with Gasteiger partial charge in [0, 0.05) is 11.0 Å². The molecule has 0 aliphatic carbocycles. The Bertz CT molecular complexity index is 559. The van der Waals surface area contributed by atoms with Gasteiger partial charge in [0.15, 0.2) is 0 Å². The van der Waals surface area contributed by atoms with E-state index in [0.29, 0.717) is 6.54 Å². The van der Waals surface area contributed by atoms with Crippen LogP contribution < -0.4 is 5.32 Å². The lowest BCUT2D eigenvalue weighted by atomic mass is 10.1. The zero-order valence-electron chi connectivity index (χ0n) is 10.1. The normalized spacial score (nSPS) is 11.9. The van der Waals surface area contributed by atoms with Crippen LogP contribution in [0.15, 0.2) is 59.1 Å². The van der Waals surface area contributed by atoms with E-state index in [1.807, 2.05) is 54.6 Å². The Hall–Kier alpha value is -1.32. The van der Waals surface area contributed by atoms with Crippen LogP contribution in [0.1, 0.15) is 16.5 Å².